The van der Waals surface area contributed by atoms with Crippen LogP contribution in [0.1, 0.15) is 73.0 Å². The first kappa shape index (κ1) is 37.7. The van der Waals surface area contributed by atoms with E-state index in [0.29, 0.717) is 10.0 Å². The van der Waals surface area contributed by atoms with Gasteiger partial charge in [0.05, 0.1) is 47.7 Å². The molecule has 6 rings (SSSR count). The highest BCUT2D eigenvalue weighted by molar-refractivity contribution is 6.32. The number of anilines is 2. The minimum absolute atomic E-state index is 0.697. The Kier molecular flexibility index (Phi) is 14.3. The van der Waals surface area contributed by atoms with Crippen LogP contribution in [0.15, 0.2) is 72.8 Å². The number of benzene rings is 4. The molecule has 0 fully saturated rings. The van der Waals surface area contributed by atoms with Crippen molar-refractivity contribution in [2.24, 2.45) is 0 Å². The Morgan fingerprint density at radius 3 is 1.33 bits per heavy atom. The minimum Gasteiger partial charge on any atom is -0.497 e. The average Bonchev–Trinajstić information content (AvgIpc) is 3.18. The fourth-order valence-electron chi connectivity index (χ4n) is 6.79. The molecule has 9 heteroatoms. The number of nitrogens with zero attached hydrogens (tertiary/aromatic N) is 2. The Balaban J connectivity index is 0.00000266. The number of ether oxygens (including phenoxy) is 2. The third kappa shape index (κ3) is 10.1. The molecule has 0 saturated carbocycles. The lowest BCUT2D eigenvalue weighted by Gasteiger charge is -2.14. The van der Waals surface area contributed by atoms with E-state index < -0.39 is 0 Å². The molecule has 0 aliphatic heterocycles. The molecule has 0 amide bonds. The predicted molar refractivity (Wildman–Crippen MR) is 224 cm³/mol. The van der Waals surface area contributed by atoms with Crippen LogP contribution in [0.4, 0.5) is 11.4 Å². The van der Waals surface area contributed by atoms with Crippen molar-refractivity contribution in [1.82, 2.24) is 15.3 Å². The summed E-state index contributed by atoms with van der Waals surface area (Å²) in [4.78, 5) is 9.67. The van der Waals surface area contributed by atoms with Gasteiger partial charge in [-0.15, -0.1) is 0 Å². The van der Waals surface area contributed by atoms with E-state index in [4.69, 9.17) is 44.0 Å². The maximum absolute atomic E-state index is 6.28. The van der Waals surface area contributed by atoms with Crippen LogP contribution in [-0.4, -0.2) is 50.4 Å². The highest BCUT2D eigenvalue weighted by atomic mass is 35.5. The maximum atomic E-state index is 6.28. The van der Waals surface area contributed by atoms with Gasteiger partial charge in [0.2, 0.25) is 0 Å². The van der Waals surface area contributed by atoms with Gasteiger partial charge in [0, 0.05) is 46.1 Å². The molecule has 276 valence electrons. The lowest BCUT2D eigenvalue weighted by molar-refractivity contribution is 0.415. The van der Waals surface area contributed by atoms with Crippen molar-refractivity contribution in [3.05, 3.63) is 82.8 Å². The number of methoxy groups -OCH3 is 2. The van der Waals surface area contributed by atoms with Crippen LogP contribution in [0.5, 0.6) is 11.5 Å². The molecule has 3 N–H and O–H groups in total. The standard InChI is InChI=1S/C42H49Cl2N5O2.CH4/c1-50-31-15-19-37-35(27-31)41(33-17-13-29(43)25-39(33)48-37)46-23-11-7-3-5-9-21-45-22-10-6-4-8-12-24-47-42-34-18-14-30(44)26-40(34)49-38-20-16-32(51-2)28-36(38)42;/h13-20,25-28,45H,3-12,21-24H2,1-2H3,(H,46,48)(H,47,49);1H4/i;1D. The molecule has 0 spiro atoms. The molecule has 52 heavy (non-hydrogen) atoms. The van der Waals surface area contributed by atoms with E-state index in [1.165, 1.54) is 58.8 Å². The molecule has 0 atom stereocenters. The van der Waals surface area contributed by atoms with Crippen molar-refractivity contribution in [2.75, 3.05) is 51.0 Å². The smallest absolute Gasteiger partial charge is 0.119 e. The van der Waals surface area contributed by atoms with Crippen LogP contribution in [-0.2, 0) is 0 Å². The van der Waals surface area contributed by atoms with Crippen LogP contribution in [0, 0.1) is 0 Å². The van der Waals surface area contributed by atoms with Crippen molar-refractivity contribution < 1.29 is 10.8 Å². The Morgan fingerprint density at radius 1 is 0.500 bits per heavy atom. The molecule has 7 nitrogen and oxygen atoms in total. The summed E-state index contributed by atoms with van der Waals surface area (Å²) in [5, 5.41) is 16.8. The van der Waals surface area contributed by atoms with E-state index in [1.54, 1.807) is 14.2 Å². The fraction of sp³-hybridized carbons (Fsp3) is 0.395. The molecule has 0 unspecified atom stereocenters. The zero-order chi connectivity index (χ0) is 37.4. The van der Waals surface area contributed by atoms with Crippen molar-refractivity contribution in [3.63, 3.8) is 0 Å². The van der Waals surface area contributed by atoms with E-state index >= 15 is 0 Å². The molecular weight excluding hydrogens is 689 g/mol. The van der Waals surface area contributed by atoms with Crippen LogP contribution in [0.3, 0.4) is 0 Å². The normalized spacial score (nSPS) is 11.4. The van der Waals surface area contributed by atoms with Gasteiger partial charge in [-0.2, -0.15) is 0 Å². The number of pyridine rings is 2. The van der Waals surface area contributed by atoms with Crippen LogP contribution >= 0.6 is 23.2 Å². The van der Waals surface area contributed by atoms with Gasteiger partial charge in [0.1, 0.15) is 11.5 Å². The van der Waals surface area contributed by atoms with Gasteiger partial charge in [0.25, 0.3) is 0 Å². The fourth-order valence-corrected chi connectivity index (χ4v) is 7.12. The summed E-state index contributed by atoms with van der Waals surface area (Å²) >= 11 is 12.6. The van der Waals surface area contributed by atoms with Crippen LogP contribution in [0.25, 0.3) is 43.6 Å². The zero-order valence-corrected chi connectivity index (χ0v) is 32.3. The van der Waals surface area contributed by atoms with Crippen LogP contribution < -0.4 is 25.4 Å². The van der Waals surface area contributed by atoms with E-state index in [9.17, 15) is 0 Å². The van der Waals surface area contributed by atoms with Gasteiger partial charge in [0.15, 0.2) is 0 Å². The quantitative estimate of drug-likeness (QED) is 0.0531. The van der Waals surface area contributed by atoms with Crippen LogP contribution in [0.2, 0.25) is 10.0 Å². The van der Waals surface area contributed by atoms with E-state index in [2.05, 4.69) is 40.2 Å². The molecule has 0 bridgehead atoms. The second-order valence-electron chi connectivity index (χ2n) is 13.2. The number of fused-ring (bicyclic) bond motifs is 4. The largest absolute Gasteiger partial charge is 0.497 e. The summed E-state index contributed by atoms with van der Waals surface area (Å²) in [6.45, 7) is 4.05. The van der Waals surface area contributed by atoms with E-state index in [0.717, 1.165) is 106 Å². The molecule has 0 saturated heterocycles. The van der Waals surface area contributed by atoms with Gasteiger partial charge < -0.3 is 25.4 Å². The van der Waals surface area contributed by atoms with E-state index in [1.807, 2.05) is 48.5 Å². The van der Waals surface area contributed by atoms with Gasteiger partial charge in [-0.3, -0.25) is 0 Å². The van der Waals surface area contributed by atoms with Crippen molar-refractivity contribution in [2.45, 2.75) is 71.6 Å². The minimum atomic E-state index is 0.697. The highest BCUT2D eigenvalue weighted by Gasteiger charge is 2.12. The van der Waals surface area contributed by atoms with Gasteiger partial charge >= 0.3 is 0 Å². The zero-order valence-electron chi connectivity index (χ0n) is 31.8. The number of nitrogens with one attached hydrogen (secondary N) is 3. The number of hydrogen-bond acceptors (Lipinski definition) is 7. The number of halogens is 2. The number of rotatable bonds is 20. The second kappa shape index (κ2) is 19.7. The molecular formula is C43H53Cl2N5O2. The monoisotopic (exact) mass is 742 g/mol. The summed E-state index contributed by atoms with van der Waals surface area (Å²) in [6, 6.07) is 23.9. The first-order chi connectivity index (χ1) is 26.0. The van der Waals surface area contributed by atoms with Crippen molar-refractivity contribution >= 4 is 78.2 Å². The SMILES string of the molecule is COc1ccc2nc3cc(Cl)ccc3c(NCCCCCCCNCCCCCCCNc3c4ccc(Cl)cc4nc4ccc(OC)cc34)c2c1.[2H]C. The number of unbranched alkanes of at least 4 members (excludes halogenated alkanes) is 8. The third-order valence-electron chi connectivity index (χ3n) is 9.55. The Morgan fingerprint density at radius 2 is 0.904 bits per heavy atom. The molecule has 6 aromatic rings. The average molecular weight is 744 g/mol. The second-order valence-corrected chi connectivity index (χ2v) is 14.1. The van der Waals surface area contributed by atoms with Gasteiger partial charge in [-0.05, 0) is 112 Å². The molecule has 2 heterocycles. The summed E-state index contributed by atoms with van der Waals surface area (Å²) in [5.74, 6) is 1.66. The molecule has 0 radical (unpaired) electrons. The number of aromatic nitrogens is 2. The van der Waals surface area contributed by atoms with Crippen molar-refractivity contribution in [1.29, 1.82) is 0 Å². The number of hydrogen-bond donors (Lipinski definition) is 3. The molecule has 2 aromatic heterocycles. The summed E-state index contributed by atoms with van der Waals surface area (Å²) in [6.07, 6.45) is 12.2. The summed E-state index contributed by atoms with van der Waals surface area (Å²) in [7, 11) is 4.65. The van der Waals surface area contributed by atoms with Crippen molar-refractivity contribution in [3.8, 4) is 11.5 Å². The Bertz CT molecular complexity index is 1930. The first-order valence-corrected chi connectivity index (χ1v) is 19.1. The molecule has 0 aliphatic carbocycles. The lowest BCUT2D eigenvalue weighted by atomic mass is 10.1. The first-order valence-electron chi connectivity index (χ1n) is 19.4. The molecule has 4 aromatic carbocycles. The summed E-state index contributed by atoms with van der Waals surface area (Å²) in [5.41, 5.74) is 5.89. The summed E-state index contributed by atoms with van der Waals surface area (Å²) < 4.78 is 16.7. The third-order valence-corrected chi connectivity index (χ3v) is 10.0. The molecule has 0 aliphatic rings. The Labute approximate surface area is 320 Å². The topological polar surface area (TPSA) is 80.3 Å². The van der Waals surface area contributed by atoms with Gasteiger partial charge in [-0.25, -0.2) is 9.97 Å². The van der Waals surface area contributed by atoms with E-state index in [-0.39, 0.29) is 0 Å². The maximum Gasteiger partial charge on any atom is 0.119 e. The lowest BCUT2D eigenvalue weighted by Crippen LogP contribution is -2.16. The highest BCUT2D eigenvalue weighted by Crippen LogP contribution is 2.35. The van der Waals surface area contributed by atoms with Gasteiger partial charge in [-0.1, -0.05) is 69.1 Å². The Hall–Kier alpha value is -4.04. The predicted octanol–water partition coefficient (Wildman–Crippen LogP) is 12.1.